The molecule has 1 heterocycles. The van der Waals surface area contributed by atoms with E-state index >= 15 is 0 Å². The Bertz CT molecular complexity index is 729. The first kappa shape index (κ1) is 25.0. The molecule has 32 heavy (non-hydrogen) atoms. The van der Waals surface area contributed by atoms with E-state index in [2.05, 4.69) is 79.8 Å². The summed E-state index contributed by atoms with van der Waals surface area (Å²) in [6.45, 7) is 5.10. The van der Waals surface area contributed by atoms with Crippen molar-refractivity contribution in [3.63, 3.8) is 0 Å². The zero-order valence-electron chi connectivity index (χ0n) is 20.4. The second-order valence-electron chi connectivity index (χ2n) is 10.1. The van der Waals surface area contributed by atoms with Crippen LogP contribution in [0.1, 0.15) is 101 Å². The summed E-state index contributed by atoms with van der Waals surface area (Å²) in [5.41, 5.74) is 2.97. The van der Waals surface area contributed by atoms with E-state index in [1.54, 1.807) is 0 Å². The van der Waals surface area contributed by atoms with Crippen LogP contribution in [0.25, 0.3) is 0 Å². The van der Waals surface area contributed by atoms with Gasteiger partial charge in [-0.2, -0.15) is 0 Å². The zero-order valence-corrected chi connectivity index (χ0v) is 20.4. The van der Waals surface area contributed by atoms with Crippen LogP contribution in [0.5, 0.6) is 0 Å². The van der Waals surface area contributed by atoms with Crippen LogP contribution in [-0.2, 0) is 0 Å². The van der Waals surface area contributed by atoms with Crippen LogP contribution in [0.4, 0.5) is 0 Å². The van der Waals surface area contributed by atoms with E-state index in [0.717, 1.165) is 6.42 Å². The van der Waals surface area contributed by atoms with Crippen molar-refractivity contribution in [2.75, 3.05) is 6.61 Å². The number of hydrogen-bond acceptors (Lipinski definition) is 2. The van der Waals surface area contributed by atoms with E-state index < -0.39 is 0 Å². The Balaban J connectivity index is 1.58. The first-order valence-electron chi connectivity index (χ1n) is 13.2. The molecule has 0 radical (unpaired) electrons. The van der Waals surface area contributed by atoms with Crippen molar-refractivity contribution in [3.05, 3.63) is 71.8 Å². The average Bonchev–Trinajstić information content (AvgIpc) is 3.21. The van der Waals surface area contributed by atoms with E-state index in [4.69, 9.17) is 5.11 Å². The summed E-state index contributed by atoms with van der Waals surface area (Å²) in [5, 5.41) is 13.0. The van der Waals surface area contributed by atoms with Crippen molar-refractivity contribution in [2.45, 2.75) is 102 Å². The smallest absolute Gasteiger partial charge is 0.0431 e. The fraction of sp³-hybridized carbons (Fsp3) is 0.600. The summed E-state index contributed by atoms with van der Waals surface area (Å²) in [5.74, 6) is 1.68. The Morgan fingerprint density at radius 1 is 0.656 bits per heavy atom. The van der Waals surface area contributed by atoms with E-state index in [9.17, 15) is 0 Å². The molecule has 2 nitrogen and oxygen atoms in total. The molecule has 2 aromatic rings. The highest BCUT2D eigenvalue weighted by molar-refractivity contribution is 5.34. The maximum atomic E-state index is 8.87. The molecule has 1 aliphatic heterocycles. The van der Waals surface area contributed by atoms with Gasteiger partial charge in [-0.3, -0.25) is 0 Å². The fourth-order valence-corrected chi connectivity index (χ4v) is 5.72. The van der Waals surface area contributed by atoms with E-state index in [0.29, 0.717) is 36.4 Å². The standard InChI is InChI=1S/C30H45NO/c1-24(2)30-29(26-20-14-11-15-21-26)28(25-18-12-10-13-19-25)27(31-30)22-16-8-6-4-3-5-7-9-17-23-32/h10-15,18-21,24,27-32H,3-9,16-17,22-23H2,1-2H3/t27-,28+,29-,30+/m0/s1. The zero-order chi connectivity index (χ0) is 22.6. The minimum atomic E-state index is 0.349. The van der Waals surface area contributed by atoms with Gasteiger partial charge in [-0.05, 0) is 29.9 Å². The quantitative estimate of drug-likeness (QED) is 0.302. The van der Waals surface area contributed by atoms with Gasteiger partial charge in [-0.15, -0.1) is 0 Å². The van der Waals surface area contributed by atoms with Crippen LogP contribution in [0.3, 0.4) is 0 Å². The lowest BCUT2D eigenvalue weighted by atomic mass is 9.74. The van der Waals surface area contributed by atoms with Gasteiger partial charge in [0, 0.05) is 30.5 Å². The van der Waals surface area contributed by atoms with Crippen LogP contribution in [0.2, 0.25) is 0 Å². The molecule has 1 aliphatic rings. The molecule has 176 valence electrons. The number of rotatable bonds is 14. The van der Waals surface area contributed by atoms with Gasteiger partial charge in [0.2, 0.25) is 0 Å². The second-order valence-corrected chi connectivity index (χ2v) is 10.1. The summed E-state index contributed by atoms with van der Waals surface area (Å²) < 4.78 is 0. The Morgan fingerprint density at radius 2 is 1.12 bits per heavy atom. The van der Waals surface area contributed by atoms with Crippen LogP contribution in [0, 0.1) is 5.92 Å². The lowest BCUT2D eigenvalue weighted by Gasteiger charge is -2.28. The first-order valence-corrected chi connectivity index (χ1v) is 13.2. The van der Waals surface area contributed by atoms with Crippen LogP contribution in [-0.4, -0.2) is 23.8 Å². The summed E-state index contributed by atoms with van der Waals surface area (Å²) >= 11 is 0. The Kier molecular flexibility index (Phi) is 10.8. The minimum absolute atomic E-state index is 0.349. The van der Waals surface area contributed by atoms with Gasteiger partial charge in [0.1, 0.15) is 0 Å². The molecule has 0 bridgehead atoms. The van der Waals surface area contributed by atoms with Crippen molar-refractivity contribution >= 4 is 0 Å². The highest BCUT2D eigenvalue weighted by Crippen LogP contribution is 2.46. The third-order valence-electron chi connectivity index (χ3n) is 7.37. The molecule has 1 fully saturated rings. The molecular formula is C30H45NO. The van der Waals surface area contributed by atoms with Gasteiger partial charge in [-0.25, -0.2) is 0 Å². The van der Waals surface area contributed by atoms with Gasteiger partial charge in [0.15, 0.2) is 0 Å². The number of nitrogens with one attached hydrogen (secondary N) is 1. The van der Waals surface area contributed by atoms with E-state index in [-0.39, 0.29) is 0 Å². The van der Waals surface area contributed by atoms with Crippen molar-refractivity contribution in [1.82, 2.24) is 5.32 Å². The van der Waals surface area contributed by atoms with Gasteiger partial charge < -0.3 is 10.4 Å². The molecule has 0 amide bonds. The average molecular weight is 436 g/mol. The lowest BCUT2D eigenvalue weighted by Crippen LogP contribution is -2.35. The predicted octanol–water partition coefficient (Wildman–Crippen LogP) is 7.44. The number of aliphatic hydroxyl groups is 1. The Hall–Kier alpha value is -1.64. The molecule has 0 spiro atoms. The van der Waals surface area contributed by atoms with Crippen molar-refractivity contribution < 1.29 is 5.11 Å². The van der Waals surface area contributed by atoms with Crippen molar-refractivity contribution in [1.29, 1.82) is 0 Å². The molecule has 2 N–H and O–H groups in total. The van der Waals surface area contributed by atoms with Gasteiger partial charge in [0.25, 0.3) is 0 Å². The van der Waals surface area contributed by atoms with Gasteiger partial charge >= 0.3 is 0 Å². The van der Waals surface area contributed by atoms with E-state index in [1.807, 2.05) is 0 Å². The third-order valence-corrected chi connectivity index (χ3v) is 7.37. The molecule has 0 aromatic heterocycles. The monoisotopic (exact) mass is 435 g/mol. The first-order chi connectivity index (χ1) is 15.7. The maximum Gasteiger partial charge on any atom is 0.0431 e. The maximum absolute atomic E-state index is 8.87. The van der Waals surface area contributed by atoms with Crippen molar-refractivity contribution in [3.8, 4) is 0 Å². The van der Waals surface area contributed by atoms with Crippen LogP contribution in [0.15, 0.2) is 60.7 Å². The van der Waals surface area contributed by atoms with Crippen LogP contribution >= 0.6 is 0 Å². The molecule has 2 aromatic carbocycles. The normalized spacial score (nSPS) is 23.1. The van der Waals surface area contributed by atoms with Crippen molar-refractivity contribution in [2.24, 2.45) is 5.92 Å². The molecule has 0 aliphatic carbocycles. The van der Waals surface area contributed by atoms with Crippen LogP contribution < -0.4 is 5.32 Å². The third kappa shape index (κ3) is 7.18. The SMILES string of the molecule is CC(C)[C@H]1N[C@@H](CCCCCCCCCCCO)[C@@H](c2ccccc2)[C@@H]1c1ccccc1. The predicted molar refractivity (Wildman–Crippen MR) is 137 cm³/mol. The van der Waals surface area contributed by atoms with Gasteiger partial charge in [-0.1, -0.05) is 126 Å². The number of unbranched alkanes of at least 4 members (excludes halogenated alkanes) is 8. The summed E-state index contributed by atoms with van der Waals surface area (Å²) in [7, 11) is 0. The molecule has 2 heteroatoms. The van der Waals surface area contributed by atoms with E-state index in [1.165, 1.54) is 68.9 Å². The number of benzene rings is 2. The molecule has 1 saturated heterocycles. The number of aliphatic hydroxyl groups excluding tert-OH is 1. The fourth-order valence-electron chi connectivity index (χ4n) is 5.72. The molecule has 4 atom stereocenters. The number of hydrogen-bond donors (Lipinski definition) is 2. The molecule has 0 unspecified atom stereocenters. The lowest BCUT2D eigenvalue weighted by molar-refractivity contribution is 0.282. The highest BCUT2D eigenvalue weighted by atomic mass is 16.2. The molecule has 0 saturated carbocycles. The Labute approximate surface area is 196 Å². The molecule has 3 rings (SSSR count). The van der Waals surface area contributed by atoms with Gasteiger partial charge in [0.05, 0.1) is 0 Å². The summed E-state index contributed by atoms with van der Waals surface area (Å²) in [6, 6.07) is 23.5. The topological polar surface area (TPSA) is 32.3 Å². The molecular weight excluding hydrogens is 390 g/mol. The largest absolute Gasteiger partial charge is 0.396 e. The second kappa shape index (κ2) is 13.8. The minimum Gasteiger partial charge on any atom is -0.396 e. The highest BCUT2D eigenvalue weighted by Gasteiger charge is 2.44. The Morgan fingerprint density at radius 3 is 1.62 bits per heavy atom. The summed E-state index contributed by atoms with van der Waals surface area (Å²) in [6.07, 6.45) is 12.8. The summed E-state index contributed by atoms with van der Waals surface area (Å²) in [4.78, 5) is 0.